The first-order valence-corrected chi connectivity index (χ1v) is 9.99. The molecular formula is C19H24BrN7. The molecule has 0 radical (unpaired) electrons. The summed E-state index contributed by atoms with van der Waals surface area (Å²) in [4.78, 5) is 15.7. The van der Waals surface area contributed by atoms with Crippen LogP contribution in [0.25, 0.3) is 5.65 Å². The van der Waals surface area contributed by atoms with E-state index in [1.807, 2.05) is 48.5 Å². The lowest BCUT2D eigenvalue weighted by molar-refractivity contribution is 0.189. The van der Waals surface area contributed by atoms with Crippen LogP contribution in [-0.4, -0.2) is 49.9 Å². The zero-order valence-electron chi connectivity index (χ0n) is 15.6. The zero-order chi connectivity index (χ0) is 18.8. The quantitative estimate of drug-likeness (QED) is 0.513. The van der Waals surface area contributed by atoms with Crippen LogP contribution in [0.1, 0.15) is 25.1 Å². The van der Waals surface area contributed by atoms with E-state index in [2.05, 4.69) is 58.8 Å². The Bertz CT molecular complexity index is 931. The number of halogens is 1. The molecular weight excluding hydrogens is 406 g/mol. The van der Waals surface area contributed by atoms with Gasteiger partial charge in [0.25, 0.3) is 0 Å². The third-order valence-electron chi connectivity index (χ3n) is 5.23. The summed E-state index contributed by atoms with van der Waals surface area (Å²) in [5, 5.41) is 3.48. The molecule has 0 bridgehead atoms. The Kier molecular flexibility index (Phi) is 5.15. The number of hydrogen-bond donors (Lipinski definition) is 1. The van der Waals surface area contributed by atoms with Crippen molar-refractivity contribution in [2.45, 2.75) is 25.9 Å². The second-order valence-corrected chi connectivity index (χ2v) is 7.95. The maximum absolute atomic E-state index is 4.67. The number of piperidine rings is 1. The summed E-state index contributed by atoms with van der Waals surface area (Å²) in [5.41, 5.74) is 1.93. The van der Waals surface area contributed by atoms with Crippen LogP contribution in [0.15, 0.2) is 52.7 Å². The Morgan fingerprint density at radius 2 is 2.26 bits per heavy atom. The molecule has 1 aliphatic rings. The first-order chi connectivity index (χ1) is 13.1. The van der Waals surface area contributed by atoms with Gasteiger partial charge in [0.1, 0.15) is 5.65 Å². The highest BCUT2D eigenvalue weighted by Crippen LogP contribution is 2.27. The number of nitrogens with one attached hydrogen (secondary N) is 1. The number of guanidine groups is 1. The van der Waals surface area contributed by atoms with Gasteiger partial charge in [0.15, 0.2) is 5.96 Å². The Morgan fingerprint density at radius 1 is 1.37 bits per heavy atom. The first-order valence-electron chi connectivity index (χ1n) is 9.20. The van der Waals surface area contributed by atoms with Gasteiger partial charge in [0.2, 0.25) is 0 Å². The monoisotopic (exact) mass is 429 g/mol. The average molecular weight is 430 g/mol. The minimum atomic E-state index is 0.410. The maximum atomic E-state index is 4.67. The minimum absolute atomic E-state index is 0.410. The molecule has 3 aromatic heterocycles. The predicted molar refractivity (Wildman–Crippen MR) is 110 cm³/mol. The van der Waals surface area contributed by atoms with Crippen LogP contribution in [0.2, 0.25) is 0 Å². The summed E-state index contributed by atoms with van der Waals surface area (Å²) >= 11 is 3.50. The van der Waals surface area contributed by atoms with Gasteiger partial charge in [0, 0.05) is 49.4 Å². The normalized spacial score (nSPS) is 21.0. The molecule has 8 heteroatoms. The largest absolute Gasteiger partial charge is 0.351 e. The van der Waals surface area contributed by atoms with Crippen LogP contribution in [0, 0.1) is 5.92 Å². The molecule has 0 saturated carbocycles. The standard InChI is InChI=1S/C19H24BrN7/c1-14-5-7-25(12-17(14)26-8-6-22-13-26)19(21-2)23-9-16-11-27-10-15(20)3-4-18(27)24-16/h3-4,6,8,10-11,13-14,17H,5,7,9,12H2,1-2H3,(H,21,23). The van der Waals surface area contributed by atoms with Gasteiger partial charge in [0.05, 0.1) is 24.6 Å². The van der Waals surface area contributed by atoms with E-state index in [-0.39, 0.29) is 0 Å². The van der Waals surface area contributed by atoms with Crippen molar-refractivity contribution in [3.63, 3.8) is 0 Å². The first kappa shape index (κ1) is 18.0. The molecule has 27 heavy (non-hydrogen) atoms. The second-order valence-electron chi connectivity index (χ2n) is 7.04. The van der Waals surface area contributed by atoms with Crippen LogP contribution in [0.4, 0.5) is 0 Å². The van der Waals surface area contributed by atoms with E-state index >= 15 is 0 Å². The molecule has 1 N–H and O–H groups in total. The number of hydrogen-bond acceptors (Lipinski definition) is 3. The smallest absolute Gasteiger partial charge is 0.194 e. The molecule has 0 aliphatic carbocycles. The topological polar surface area (TPSA) is 62.8 Å². The van der Waals surface area contributed by atoms with Crippen molar-refractivity contribution in [1.82, 2.24) is 29.2 Å². The summed E-state index contributed by atoms with van der Waals surface area (Å²) < 4.78 is 5.28. The molecule has 2 unspecified atom stereocenters. The Labute approximate surface area is 167 Å². The van der Waals surface area contributed by atoms with Gasteiger partial charge in [-0.05, 0) is 40.4 Å². The molecule has 142 valence electrons. The Morgan fingerprint density at radius 3 is 3.04 bits per heavy atom. The van der Waals surface area contributed by atoms with Gasteiger partial charge in [-0.15, -0.1) is 0 Å². The number of nitrogens with zero attached hydrogens (tertiary/aromatic N) is 6. The SMILES string of the molecule is CN=C(NCc1cn2cc(Br)ccc2n1)N1CCC(C)C(n2ccnc2)C1. The lowest BCUT2D eigenvalue weighted by Crippen LogP contribution is -2.48. The van der Waals surface area contributed by atoms with Crippen molar-refractivity contribution in [1.29, 1.82) is 0 Å². The maximum Gasteiger partial charge on any atom is 0.194 e. The number of fused-ring (bicyclic) bond motifs is 1. The second kappa shape index (κ2) is 7.72. The fourth-order valence-electron chi connectivity index (χ4n) is 3.70. The number of aliphatic imine (C=N–C) groups is 1. The molecule has 1 fully saturated rings. The van der Waals surface area contributed by atoms with E-state index < -0.39 is 0 Å². The summed E-state index contributed by atoms with van der Waals surface area (Å²) in [6.07, 6.45) is 11.0. The minimum Gasteiger partial charge on any atom is -0.351 e. The number of rotatable bonds is 3. The van der Waals surface area contributed by atoms with Crippen LogP contribution < -0.4 is 5.32 Å². The van der Waals surface area contributed by atoms with E-state index in [4.69, 9.17) is 0 Å². The molecule has 1 aliphatic heterocycles. The van der Waals surface area contributed by atoms with Gasteiger partial charge in [-0.1, -0.05) is 6.92 Å². The molecule has 1 saturated heterocycles. The van der Waals surface area contributed by atoms with Crippen LogP contribution >= 0.6 is 15.9 Å². The van der Waals surface area contributed by atoms with E-state index in [1.54, 1.807) is 0 Å². The number of imidazole rings is 2. The van der Waals surface area contributed by atoms with Gasteiger partial charge in [-0.3, -0.25) is 4.99 Å². The fourth-order valence-corrected chi connectivity index (χ4v) is 4.05. The van der Waals surface area contributed by atoms with Gasteiger partial charge in [-0.2, -0.15) is 0 Å². The van der Waals surface area contributed by atoms with E-state index in [0.717, 1.165) is 41.3 Å². The molecule has 0 amide bonds. The highest BCUT2D eigenvalue weighted by Gasteiger charge is 2.28. The number of pyridine rings is 1. The lowest BCUT2D eigenvalue weighted by Gasteiger charge is -2.39. The fraction of sp³-hybridized carbons (Fsp3) is 0.421. The molecule has 0 aromatic carbocycles. The van der Waals surface area contributed by atoms with Crippen LogP contribution in [0.3, 0.4) is 0 Å². The highest BCUT2D eigenvalue weighted by atomic mass is 79.9. The summed E-state index contributed by atoms with van der Waals surface area (Å²) in [5.74, 6) is 1.54. The van der Waals surface area contributed by atoms with Gasteiger partial charge >= 0.3 is 0 Å². The van der Waals surface area contributed by atoms with Gasteiger partial charge < -0.3 is 19.2 Å². The van der Waals surface area contributed by atoms with Crippen molar-refractivity contribution < 1.29 is 0 Å². The lowest BCUT2D eigenvalue weighted by atomic mass is 9.93. The van der Waals surface area contributed by atoms with Crippen molar-refractivity contribution in [2.24, 2.45) is 10.9 Å². The van der Waals surface area contributed by atoms with Crippen LogP contribution in [-0.2, 0) is 6.54 Å². The highest BCUT2D eigenvalue weighted by molar-refractivity contribution is 9.10. The van der Waals surface area contributed by atoms with Crippen molar-refractivity contribution in [3.05, 3.63) is 53.4 Å². The molecule has 7 nitrogen and oxygen atoms in total. The summed E-state index contributed by atoms with van der Waals surface area (Å²) in [6, 6.07) is 4.42. The predicted octanol–water partition coefficient (Wildman–Crippen LogP) is 2.95. The van der Waals surface area contributed by atoms with Crippen molar-refractivity contribution >= 4 is 27.5 Å². The zero-order valence-corrected chi connectivity index (χ0v) is 17.2. The Hall–Kier alpha value is -2.35. The summed E-state index contributed by atoms with van der Waals surface area (Å²) in [7, 11) is 1.84. The molecule has 4 rings (SSSR count). The van der Waals surface area contributed by atoms with Crippen LogP contribution in [0.5, 0.6) is 0 Å². The van der Waals surface area contributed by atoms with Crippen molar-refractivity contribution in [3.8, 4) is 0 Å². The van der Waals surface area contributed by atoms with E-state index in [1.165, 1.54) is 0 Å². The van der Waals surface area contributed by atoms with E-state index in [0.29, 0.717) is 18.5 Å². The molecule has 0 spiro atoms. The molecule has 4 heterocycles. The molecule has 3 aromatic rings. The molecule has 2 atom stereocenters. The van der Waals surface area contributed by atoms with Crippen molar-refractivity contribution in [2.75, 3.05) is 20.1 Å². The number of likely N-dealkylation sites (tertiary alicyclic amines) is 1. The third kappa shape index (κ3) is 3.85. The third-order valence-corrected chi connectivity index (χ3v) is 5.70. The average Bonchev–Trinajstić information content (AvgIpc) is 3.32. The Balaban J connectivity index is 1.44. The summed E-state index contributed by atoms with van der Waals surface area (Å²) in [6.45, 7) is 4.89. The number of aromatic nitrogens is 4. The van der Waals surface area contributed by atoms with Gasteiger partial charge in [-0.25, -0.2) is 9.97 Å². The van der Waals surface area contributed by atoms with E-state index in [9.17, 15) is 0 Å².